The van der Waals surface area contributed by atoms with Gasteiger partial charge in [-0.15, -0.1) is 0 Å². The molecule has 1 heterocycles. The second kappa shape index (κ2) is 5.92. The Hall–Kier alpha value is -2.07. The van der Waals surface area contributed by atoms with Gasteiger partial charge >= 0.3 is 0 Å². The Kier molecular flexibility index (Phi) is 3.83. The second-order valence-corrected chi connectivity index (χ2v) is 5.34. The third-order valence-corrected chi connectivity index (χ3v) is 3.51. The van der Waals surface area contributed by atoms with E-state index in [-0.39, 0.29) is 0 Å². The lowest BCUT2D eigenvalue weighted by molar-refractivity contribution is 0.132. The molecule has 0 amide bonds. The molecule has 0 fully saturated rings. The normalized spacial score (nSPS) is 11.2. The van der Waals surface area contributed by atoms with Crippen LogP contribution in [0.15, 0.2) is 64.4 Å². The van der Waals surface area contributed by atoms with Crippen LogP contribution in [0.3, 0.4) is 0 Å². The highest BCUT2D eigenvalue weighted by Gasteiger charge is 2.01. The summed E-state index contributed by atoms with van der Waals surface area (Å²) in [6, 6.07) is 16.1. The minimum Gasteiger partial charge on any atom is -0.391 e. The van der Waals surface area contributed by atoms with Gasteiger partial charge in [-0.05, 0) is 23.8 Å². The number of H-pyrrole nitrogens is 1. The Labute approximate surface area is 125 Å². The van der Waals surface area contributed by atoms with Gasteiger partial charge in [-0.25, -0.2) is 0 Å². The summed E-state index contributed by atoms with van der Waals surface area (Å²) >= 11 is 3.47. The number of aromatic amines is 1. The average Bonchev–Trinajstić information content (AvgIpc) is 2.87. The van der Waals surface area contributed by atoms with E-state index in [1.54, 1.807) is 6.21 Å². The lowest BCUT2D eigenvalue weighted by Crippen LogP contribution is -1.87. The molecule has 0 saturated heterocycles. The van der Waals surface area contributed by atoms with E-state index in [1.165, 1.54) is 0 Å². The van der Waals surface area contributed by atoms with E-state index < -0.39 is 0 Å². The van der Waals surface area contributed by atoms with E-state index in [0.29, 0.717) is 6.61 Å². The van der Waals surface area contributed by atoms with Crippen LogP contribution in [-0.2, 0) is 11.4 Å². The maximum atomic E-state index is 5.32. The summed E-state index contributed by atoms with van der Waals surface area (Å²) in [4.78, 5) is 8.52. The van der Waals surface area contributed by atoms with Crippen LogP contribution in [0.4, 0.5) is 0 Å². The zero-order valence-corrected chi connectivity index (χ0v) is 12.3. The standard InChI is InChI=1S/C16H13BrN2O/c17-14-6-7-16-15(8-14)13(9-18-16)10-19-20-11-12-4-2-1-3-5-12/h1-10,18H,11H2/b19-10-. The molecule has 1 aromatic heterocycles. The average molecular weight is 329 g/mol. The molecule has 0 saturated carbocycles. The van der Waals surface area contributed by atoms with Gasteiger partial charge in [0.05, 0.1) is 6.21 Å². The molecule has 3 rings (SSSR count). The monoisotopic (exact) mass is 328 g/mol. The highest BCUT2D eigenvalue weighted by Crippen LogP contribution is 2.21. The number of hydrogen-bond donors (Lipinski definition) is 1. The fourth-order valence-electron chi connectivity index (χ4n) is 2.00. The van der Waals surface area contributed by atoms with E-state index >= 15 is 0 Å². The first-order valence-electron chi connectivity index (χ1n) is 6.29. The van der Waals surface area contributed by atoms with Gasteiger partial charge in [0.25, 0.3) is 0 Å². The quantitative estimate of drug-likeness (QED) is 0.556. The molecule has 2 aromatic carbocycles. The summed E-state index contributed by atoms with van der Waals surface area (Å²) in [7, 11) is 0. The first-order chi connectivity index (χ1) is 9.83. The first-order valence-corrected chi connectivity index (χ1v) is 7.08. The number of aromatic nitrogens is 1. The maximum absolute atomic E-state index is 5.32. The number of fused-ring (bicyclic) bond motifs is 1. The van der Waals surface area contributed by atoms with Crippen LogP contribution in [0.1, 0.15) is 11.1 Å². The van der Waals surface area contributed by atoms with Gasteiger partial charge in [0.2, 0.25) is 0 Å². The number of nitrogens with zero attached hydrogens (tertiary/aromatic N) is 1. The van der Waals surface area contributed by atoms with E-state index in [2.05, 4.69) is 32.1 Å². The first kappa shape index (κ1) is 12.9. The van der Waals surface area contributed by atoms with E-state index in [0.717, 1.165) is 26.5 Å². The van der Waals surface area contributed by atoms with Gasteiger partial charge in [-0.3, -0.25) is 0 Å². The number of benzene rings is 2. The molecule has 3 aromatic rings. The summed E-state index contributed by atoms with van der Waals surface area (Å²) in [6.45, 7) is 0.476. The minimum absolute atomic E-state index is 0.476. The van der Waals surface area contributed by atoms with Crippen molar-refractivity contribution in [1.29, 1.82) is 0 Å². The number of rotatable bonds is 4. The molecular weight excluding hydrogens is 316 g/mol. The van der Waals surface area contributed by atoms with E-state index in [9.17, 15) is 0 Å². The molecule has 0 atom stereocenters. The molecule has 4 heteroatoms. The zero-order valence-electron chi connectivity index (χ0n) is 10.7. The van der Waals surface area contributed by atoms with Gasteiger partial charge in [-0.1, -0.05) is 51.4 Å². The molecule has 0 unspecified atom stereocenters. The Balaban J connectivity index is 1.70. The predicted molar refractivity (Wildman–Crippen MR) is 84.8 cm³/mol. The molecule has 1 N–H and O–H groups in total. The molecule has 0 aliphatic rings. The van der Waals surface area contributed by atoms with Crippen molar-refractivity contribution in [3.05, 3.63) is 70.3 Å². The van der Waals surface area contributed by atoms with Gasteiger partial charge < -0.3 is 9.82 Å². The van der Waals surface area contributed by atoms with E-state index in [4.69, 9.17) is 4.84 Å². The number of hydrogen-bond acceptors (Lipinski definition) is 2. The molecule has 20 heavy (non-hydrogen) atoms. The van der Waals surface area contributed by atoms with Gasteiger partial charge in [0.1, 0.15) is 6.61 Å². The van der Waals surface area contributed by atoms with Crippen LogP contribution in [0.5, 0.6) is 0 Å². The summed E-state index contributed by atoms with van der Waals surface area (Å²) in [6.07, 6.45) is 3.65. The molecule has 0 bridgehead atoms. The highest BCUT2D eigenvalue weighted by molar-refractivity contribution is 9.10. The van der Waals surface area contributed by atoms with E-state index in [1.807, 2.05) is 48.7 Å². The summed E-state index contributed by atoms with van der Waals surface area (Å²) in [5, 5.41) is 5.15. The van der Waals surface area contributed by atoms with Gasteiger partial charge in [0.15, 0.2) is 0 Å². The van der Waals surface area contributed by atoms with Crippen molar-refractivity contribution in [1.82, 2.24) is 4.98 Å². The van der Waals surface area contributed by atoms with Crippen molar-refractivity contribution in [3.8, 4) is 0 Å². The van der Waals surface area contributed by atoms with Crippen LogP contribution in [0, 0.1) is 0 Å². The fraction of sp³-hybridized carbons (Fsp3) is 0.0625. The molecule has 0 aliphatic carbocycles. The molecule has 3 nitrogen and oxygen atoms in total. The summed E-state index contributed by atoms with van der Waals surface area (Å²) in [5.41, 5.74) is 3.19. The Morgan fingerprint density at radius 1 is 1.15 bits per heavy atom. The predicted octanol–water partition coefficient (Wildman–Crippen LogP) is 4.48. The maximum Gasteiger partial charge on any atom is 0.142 e. The number of halogens is 1. The zero-order chi connectivity index (χ0) is 13.8. The van der Waals surface area contributed by atoms with Crippen LogP contribution in [0.25, 0.3) is 10.9 Å². The number of nitrogens with one attached hydrogen (secondary N) is 1. The van der Waals surface area contributed by atoms with Crippen LogP contribution < -0.4 is 0 Å². The molecule has 0 aliphatic heterocycles. The Morgan fingerprint density at radius 2 is 2.00 bits per heavy atom. The molecule has 0 radical (unpaired) electrons. The Bertz CT molecular complexity index is 735. The van der Waals surface area contributed by atoms with Crippen molar-refractivity contribution in [2.75, 3.05) is 0 Å². The number of oxime groups is 1. The van der Waals surface area contributed by atoms with Crippen molar-refractivity contribution < 1.29 is 4.84 Å². The highest BCUT2D eigenvalue weighted by atomic mass is 79.9. The van der Waals surface area contributed by atoms with Crippen LogP contribution >= 0.6 is 15.9 Å². The van der Waals surface area contributed by atoms with Crippen molar-refractivity contribution in [3.63, 3.8) is 0 Å². The summed E-state index contributed by atoms with van der Waals surface area (Å²) < 4.78 is 1.05. The topological polar surface area (TPSA) is 37.4 Å². The molecular formula is C16H13BrN2O. The second-order valence-electron chi connectivity index (χ2n) is 4.43. The molecule has 0 spiro atoms. The largest absolute Gasteiger partial charge is 0.391 e. The van der Waals surface area contributed by atoms with Crippen molar-refractivity contribution in [2.24, 2.45) is 5.16 Å². The molecule has 100 valence electrons. The lowest BCUT2D eigenvalue weighted by Gasteiger charge is -1.98. The third-order valence-electron chi connectivity index (χ3n) is 3.02. The van der Waals surface area contributed by atoms with Gasteiger partial charge in [-0.2, -0.15) is 0 Å². The van der Waals surface area contributed by atoms with Crippen molar-refractivity contribution in [2.45, 2.75) is 6.61 Å². The fourth-order valence-corrected chi connectivity index (χ4v) is 2.36. The van der Waals surface area contributed by atoms with Crippen molar-refractivity contribution >= 4 is 33.0 Å². The van der Waals surface area contributed by atoms with Crippen LogP contribution in [0.2, 0.25) is 0 Å². The third kappa shape index (κ3) is 2.91. The van der Waals surface area contributed by atoms with Gasteiger partial charge in [0, 0.05) is 27.1 Å². The Morgan fingerprint density at radius 3 is 2.85 bits per heavy atom. The van der Waals surface area contributed by atoms with Crippen LogP contribution in [-0.4, -0.2) is 11.2 Å². The summed E-state index contributed by atoms with van der Waals surface area (Å²) in [5.74, 6) is 0. The smallest absolute Gasteiger partial charge is 0.142 e. The minimum atomic E-state index is 0.476. The lowest BCUT2D eigenvalue weighted by atomic mass is 10.2. The SMILES string of the molecule is Brc1ccc2[nH]cc(/C=N\OCc3ccccc3)c2c1.